The molecule has 0 aromatic heterocycles. The average molecular weight is 330 g/mol. The molecular weight excluding hydrogens is 312 g/mol. The highest BCUT2D eigenvalue weighted by Gasteiger charge is 2.41. The van der Waals surface area contributed by atoms with Gasteiger partial charge in [-0.25, -0.2) is 18.4 Å². The van der Waals surface area contributed by atoms with Gasteiger partial charge < -0.3 is 15.2 Å². The zero-order valence-electron chi connectivity index (χ0n) is 12.4. The molecule has 8 nitrogen and oxygen atoms in total. The number of aryl methyl sites for hydroxylation is 1. The summed E-state index contributed by atoms with van der Waals surface area (Å²) in [6.45, 7) is 2.73. The van der Waals surface area contributed by atoms with Crippen molar-refractivity contribution >= 4 is 21.9 Å². The van der Waals surface area contributed by atoms with Crippen LogP contribution in [0.25, 0.3) is 0 Å². The number of carbonyl (C=O) groups excluding carboxylic acids is 1. The predicted octanol–water partition coefficient (Wildman–Crippen LogP) is -0.252. The van der Waals surface area contributed by atoms with Crippen molar-refractivity contribution < 1.29 is 27.9 Å². The molecule has 22 heavy (non-hydrogen) atoms. The number of hydrogen-bond acceptors (Lipinski definition) is 5. The molecule has 9 heteroatoms. The number of hydrogen-bond donors (Lipinski definition) is 3. The highest BCUT2D eigenvalue weighted by Crippen LogP contribution is 2.16. The number of primary sulfonamides is 1. The molecule has 1 aromatic rings. The van der Waals surface area contributed by atoms with Crippen LogP contribution in [0, 0.1) is 6.92 Å². The number of methoxy groups -OCH3 is 1. The quantitative estimate of drug-likeness (QED) is 0.615. The predicted molar refractivity (Wildman–Crippen MR) is 77.4 cm³/mol. The first-order chi connectivity index (χ1) is 10.0. The molecule has 0 saturated heterocycles. The maximum absolute atomic E-state index is 11.9. The largest absolute Gasteiger partial charge is 0.479 e. The number of benzene rings is 1. The molecule has 0 fully saturated rings. The Morgan fingerprint density at radius 2 is 2.00 bits per heavy atom. The monoisotopic (exact) mass is 330 g/mol. The first-order valence-electron chi connectivity index (χ1n) is 6.21. The molecule has 0 aliphatic heterocycles. The number of carboxylic acid groups (broad SMARTS) is 1. The van der Waals surface area contributed by atoms with Gasteiger partial charge in [0.05, 0.1) is 4.90 Å². The van der Waals surface area contributed by atoms with Gasteiger partial charge in [-0.2, -0.15) is 0 Å². The first kappa shape index (κ1) is 18.1. The van der Waals surface area contributed by atoms with Crippen LogP contribution in [0.4, 0.5) is 0 Å². The van der Waals surface area contributed by atoms with Gasteiger partial charge in [-0.15, -0.1) is 0 Å². The molecule has 0 saturated carbocycles. The second kappa shape index (κ2) is 6.42. The minimum Gasteiger partial charge on any atom is -0.479 e. The van der Waals surface area contributed by atoms with Crippen LogP contribution in [0.3, 0.4) is 0 Å². The van der Waals surface area contributed by atoms with Crippen molar-refractivity contribution in [2.75, 3.05) is 7.11 Å². The van der Waals surface area contributed by atoms with E-state index in [-0.39, 0.29) is 11.4 Å². The van der Waals surface area contributed by atoms with E-state index < -0.39 is 27.5 Å². The van der Waals surface area contributed by atoms with Crippen LogP contribution in [0.2, 0.25) is 0 Å². The molecule has 0 spiro atoms. The van der Waals surface area contributed by atoms with Crippen molar-refractivity contribution in [1.29, 1.82) is 0 Å². The van der Waals surface area contributed by atoms with Crippen LogP contribution in [0.5, 0.6) is 0 Å². The van der Waals surface area contributed by atoms with Crippen molar-refractivity contribution in [3.05, 3.63) is 29.3 Å². The molecular formula is C13H18N2O6S. The number of rotatable bonds is 6. The van der Waals surface area contributed by atoms with Crippen LogP contribution < -0.4 is 10.5 Å². The third-order valence-corrected chi connectivity index (χ3v) is 4.32. The van der Waals surface area contributed by atoms with Gasteiger partial charge in [-0.1, -0.05) is 12.1 Å². The van der Waals surface area contributed by atoms with Gasteiger partial charge in [0.2, 0.25) is 15.6 Å². The summed E-state index contributed by atoms with van der Waals surface area (Å²) in [4.78, 5) is 22.9. The molecule has 4 N–H and O–H groups in total. The Balaban J connectivity index is 2.88. The van der Waals surface area contributed by atoms with Crippen molar-refractivity contribution in [3.8, 4) is 0 Å². The molecule has 1 atom stereocenters. The molecule has 0 bridgehead atoms. The number of nitrogens with two attached hydrogens (primary N) is 1. The number of ether oxygens (including phenoxy) is 1. The molecule has 0 aliphatic rings. The Bertz CT molecular complexity index is 700. The minimum absolute atomic E-state index is 0.00478. The third-order valence-electron chi connectivity index (χ3n) is 3.25. The van der Waals surface area contributed by atoms with Crippen molar-refractivity contribution in [3.63, 3.8) is 0 Å². The number of carboxylic acids is 1. The van der Waals surface area contributed by atoms with Gasteiger partial charge in [0.15, 0.2) is 0 Å². The van der Waals surface area contributed by atoms with Gasteiger partial charge in [0, 0.05) is 13.7 Å². The van der Waals surface area contributed by atoms with E-state index in [0.717, 1.165) is 14.0 Å². The van der Waals surface area contributed by atoms with E-state index in [2.05, 4.69) is 5.32 Å². The fourth-order valence-electron chi connectivity index (χ4n) is 1.77. The summed E-state index contributed by atoms with van der Waals surface area (Å²) in [5.74, 6) is -2.22. The average Bonchev–Trinajstić information content (AvgIpc) is 2.42. The van der Waals surface area contributed by atoms with Crippen LogP contribution in [-0.2, 0) is 30.9 Å². The van der Waals surface area contributed by atoms with Gasteiger partial charge in [0.1, 0.15) is 0 Å². The van der Waals surface area contributed by atoms with Crippen molar-refractivity contribution in [1.82, 2.24) is 5.32 Å². The Kier molecular flexibility index (Phi) is 5.28. The zero-order valence-corrected chi connectivity index (χ0v) is 13.2. The van der Waals surface area contributed by atoms with E-state index in [1.165, 1.54) is 12.1 Å². The van der Waals surface area contributed by atoms with E-state index in [4.69, 9.17) is 15.0 Å². The van der Waals surface area contributed by atoms with Crippen molar-refractivity contribution in [2.24, 2.45) is 5.14 Å². The highest BCUT2D eigenvalue weighted by atomic mass is 32.2. The lowest BCUT2D eigenvalue weighted by Gasteiger charge is -2.22. The summed E-state index contributed by atoms with van der Waals surface area (Å²) in [5.41, 5.74) is -0.959. The van der Waals surface area contributed by atoms with Gasteiger partial charge in [0.25, 0.3) is 5.91 Å². The van der Waals surface area contributed by atoms with Crippen LogP contribution in [-0.4, -0.2) is 38.1 Å². The Labute approximate surface area is 128 Å². The highest BCUT2D eigenvalue weighted by molar-refractivity contribution is 7.89. The molecule has 0 radical (unpaired) electrons. The number of sulfonamides is 1. The topological polar surface area (TPSA) is 136 Å². The summed E-state index contributed by atoms with van der Waals surface area (Å²) in [7, 11) is -2.68. The standard InChI is InChI=1S/C13H18N2O6S/c1-8-6-9(4-5-10(8)22(14,19)20)7-15-11(16)13(2,21-3)12(17)18/h4-6H,7H2,1-3H3,(H,15,16)(H,17,18)(H2,14,19,20). The lowest BCUT2D eigenvalue weighted by Crippen LogP contribution is -2.51. The van der Waals surface area contributed by atoms with Crippen LogP contribution in [0.15, 0.2) is 23.1 Å². The SMILES string of the molecule is COC(C)(C(=O)O)C(=O)NCc1ccc(S(N)(=O)=O)c(C)c1. The Morgan fingerprint density at radius 1 is 1.41 bits per heavy atom. The van der Waals surface area contributed by atoms with Crippen molar-refractivity contribution in [2.45, 2.75) is 30.9 Å². The fourth-order valence-corrected chi connectivity index (χ4v) is 2.53. The lowest BCUT2D eigenvalue weighted by molar-refractivity contribution is -0.167. The molecule has 1 unspecified atom stereocenters. The van der Waals surface area contributed by atoms with Gasteiger partial charge in [-0.05, 0) is 31.0 Å². The minimum atomic E-state index is -3.81. The van der Waals surface area contributed by atoms with E-state index in [9.17, 15) is 18.0 Å². The normalized spacial score (nSPS) is 14.2. The number of carbonyl (C=O) groups is 2. The Hall–Kier alpha value is -1.97. The first-order valence-corrected chi connectivity index (χ1v) is 7.76. The smallest absolute Gasteiger partial charge is 0.345 e. The fraction of sp³-hybridized carbons (Fsp3) is 0.385. The Morgan fingerprint density at radius 3 is 2.41 bits per heavy atom. The molecule has 122 valence electrons. The maximum atomic E-state index is 11.9. The lowest BCUT2D eigenvalue weighted by atomic mass is 10.1. The van der Waals surface area contributed by atoms with Gasteiger partial charge in [-0.3, -0.25) is 4.79 Å². The molecule has 1 amide bonds. The zero-order chi connectivity index (χ0) is 17.1. The number of aliphatic carboxylic acids is 1. The summed E-state index contributed by atoms with van der Waals surface area (Å²) in [5, 5.41) is 16.5. The number of amides is 1. The maximum Gasteiger partial charge on any atom is 0.345 e. The molecule has 0 aliphatic carbocycles. The number of nitrogens with one attached hydrogen (secondary N) is 1. The molecule has 1 aromatic carbocycles. The summed E-state index contributed by atoms with van der Waals surface area (Å²) < 4.78 is 27.3. The van der Waals surface area contributed by atoms with E-state index in [1.54, 1.807) is 13.0 Å². The third kappa shape index (κ3) is 3.81. The van der Waals surface area contributed by atoms with Gasteiger partial charge >= 0.3 is 5.97 Å². The second-order valence-electron chi connectivity index (χ2n) is 4.87. The molecule has 0 heterocycles. The second-order valence-corrected chi connectivity index (χ2v) is 6.40. The van der Waals surface area contributed by atoms with Crippen LogP contribution >= 0.6 is 0 Å². The molecule has 1 rings (SSSR count). The van der Waals surface area contributed by atoms with E-state index >= 15 is 0 Å². The van der Waals surface area contributed by atoms with E-state index in [1.807, 2.05) is 0 Å². The van der Waals surface area contributed by atoms with E-state index in [0.29, 0.717) is 11.1 Å². The summed E-state index contributed by atoms with van der Waals surface area (Å²) >= 11 is 0. The summed E-state index contributed by atoms with van der Waals surface area (Å²) in [6.07, 6.45) is 0. The van der Waals surface area contributed by atoms with Crippen LogP contribution in [0.1, 0.15) is 18.1 Å². The summed E-state index contributed by atoms with van der Waals surface area (Å²) in [6, 6.07) is 4.36.